The number of aliphatic hydroxyl groups excluding tert-OH is 2. The number of benzene rings is 1. The fraction of sp³-hybridized carbons (Fsp3) is 0.625. The number of rotatable bonds is 9. The third-order valence-corrected chi connectivity index (χ3v) is 3.25. The zero-order valence-corrected chi connectivity index (χ0v) is 12.7. The van der Waals surface area contributed by atoms with Crippen molar-refractivity contribution in [1.82, 2.24) is 5.32 Å². The van der Waals surface area contributed by atoms with Gasteiger partial charge in [-0.1, -0.05) is 32.0 Å². The Morgan fingerprint density at radius 2 is 1.95 bits per heavy atom. The molecule has 0 bridgehead atoms. The van der Waals surface area contributed by atoms with Crippen molar-refractivity contribution in [3.05, 3.63) is 29.8 Å². The lowest BCUT2D eigenvalue weighted by molar-refractivity contribution is 0.136. The van der Waals surface area contributed by atoms with Crippen LogP contribution in [0.1, 0.15) is 32.8 Å². The molecule has 0 aliphatic heterocycles. The molecule has 20 heavy (non-hydrogen) atoms. The third-order valence-electron chi connectivity index (χ3n) is 3.25. The van der Waals surface area contributed by atoms with Crippen molar-refractivity contribution in [2.45, 2.75) is 45.2 Å². The first-order valence-corrected chi connectivity index (χ1v) is 7.21. The molecule has 0 saturated carbocycles. The molecule has 0 aliphatic carbocycles. The molecule has 4 nitrogen and oxygen atoms in total. The van der Waals surface area contributed by atoms with Gasteiger partial charge >= 0.3 is 0 Å². The number of hydrogen-bond acceptors (Lipinski definition) is 4. The third kappa shape index (κ3) is 5.49. The summed E-state index contributed by atoms with van der Waals surface area (Å²) in [6.07, 6.45) is 1.31. The zero-order chi connectivity index (χ0) is 15.0. The first-order chi connectivity index (χ1) is 9.50. The maximum Gasteiger partial charge on any atom is 0.122 e. The lowest BCUT2D eigenvalue weighted by atomic mass is 9.98. The van der Waals surface area contributed by atoms with Gasteiger partial charge in [-0.2, -0.15) is 0 Å². The summed E-state index contributed by atoms with van der Waals surface area (Å²) < 4.78 is 5.81. The van der Waals surface area contributed by atoms with Crippen LogP contribution in [-0.2, 0) is 6.42 Å². The molecular weight excluding hydrogens is 254 g/mol. The van der Waals surface area contributed by atoms with E-state index < -0.39 is 0 Å². The highest BCUT2D eigenvalue weighted by atomic mass is 16.5. The Bertz CT molecular complexity index is 395. The topological polar surface area (TPSA) is 61.7 Å². The number of ether oxygens (including phenoxy) is 1. The first kappa shape index (κ1) is 17.0. The minimum absolute atomic E-state index is 0.0762. The van der Waals surface area contributed by atoms with Crippen LogP contribution in [-0.4, -0.2) is 41.6 Å². The molecule has 1 rings (SSSR count). The molecule has 0 aromatic heterocycles. The molecular formula is C16H27NO3. The Labute approximate surface area is 121 Å². The summed E-state index contributed by atoms with van der Waals surface area (Å²) in [7, 11) is 0. The Morgan fingerprint density at radius 3 is 2.55 bits per heavy atom. The van der Waals surface area contributed by atoms with Crippen LogP contribution in [0.3, 0.4) is 0 Å². The molecule has 4 heteroatoms. The Morgan fingerprint density at radius 1 is 1.25 bits per heavy atom. The molecule has 0 saturated heterocycles. The Kier molecular flexibility index (Phi) is 6.99. The van der Waals surface area contributed by atoms with Gasteiger partial charge in [-0.3, -0.25) is 0 Å². The number of hydrogen-bond donors (Lipinski definition) is 3. The van der Waals surface area contributed by atoms with Gasteiger partial charge in [0.05, 0.1) is 13.2 Å². The molecule has 1 aromatic rings. The van der Waals surface area contributed by atoms with E-state index in [1.54, 1.807) is 0 Å². The molecule has 3 N–H and O–H groups in total. The normalized spacial score (nSPS) is 14.3. The van der Waals surface area contributed by atoms with Crippen molar-refractivity contribution in [2.75, 3.05) is 19.8 Å². The first-order valence-electron chi connectivity index (χ1n) is 7.21. The van der Waals surface area contributed by atoms with E-state index in [2.05, 4.69) is 19.2 Å². The van der Waals surface area contributed by atoms with E-state index in [1.807, 2.05) is 31.2 Å². The minimum atomic E-state index is -0.333. The molecule has 1 atom stereocenters. The van der Waals surface area contributed by atoms with Gasteiger partial charge in [0.2, 0.25) is 0 Å². The molecule has 1 unspecified atom stereocenters. The van der Waals surface area contributed by atoms with Gasteiger partial charge in [-0.25, -0.2) is 0 Å². The predicted molar refractivity (Wildman–Crippen MR) is 81.1 cm³/mol. The lowest BCUT2D eigenvalue weighted by Gasteiger charge is -2.31. The highest BCUT2D eigenvalue weighted by Gasteiger charge is 2.23. The summed E-state index contributed by atoms with van der Waals surface area (Å²) in [5, 5.41) is 21.9. The van der Waals surface area contributed by atoms with Crippen LogP contribution < -0.4 is 10.1 Å². The number of para-hydroxylation sites is 1. The summed E-state index contributed by atoms with van der Waals surface area (Å²) in [4.78, 5) is 0. The Balaban J connectivity index is 2.55. The molecule has 114 valence electrons. The summed E-state index contributed by atoms with van der Waals surface area (Å²) in [6, 6.07) is 8.05. The second-order valence-electron chi connectivity index (χ2n) is 5.70. The maximum absolute atomic E-state index is 9.52. The second-order valence-corrected chi connectivity index (χ2v) is 5.70. The SMILES string of the molecule is CC(C)NC(C)(CO)CCOc1ccccc1CCO. The summed E-state index contributed by atoms with van der Waals surface area (Å²) in [6.45, 7) is 6.84. The van der Waals surface area contributed by atoms with E-state index in [0.29, 0.717) is 19.1 Å². The van der Waals surface area contributed by atoms with Crippen LogP contribution in [0.5, 0.6) is 5.75 Å². The van der Waals surface area contributed by atoms with E-state index in [-0.39, 0.29) is 18.8 Å². The predicted octanol–water partition coefficient (Wildman–Crippen LogP) is 1.74. The van der Waals surface area contributed by atoms with E-state index in [0.717, 1.165) is 17.7 Å². The largest absolute Gasteiger partial charge is 0.493 e. The van der Waals surface area contributed by atoms with Crippen molar-refractivity contribution in [2.24, 2.45) is 0 Å². The average Bonchev–Trinajstić information content (AvgIpc) is 2.40. The molecule has 1 aromatic carbocycles. The van der Waals surface area contributed by atoms with Crippen LogP contribution in [0.4, 0.5) is 0 Å². The molecule has 0 radical (unpaired) electrons. The average molecular weight is 281 g/mol. The van der Waals surface area contributed by atoms with Crippen molar-refractivity contribution < 1.29 is 14.9 Å². The monoisotopic (exact) mass is 281 g/mol. The van der Waals surface area contributed by atoms with Crippen LogP contribution in [0.25, 0.3) is 0 Å². The van der Waals surface area contributed by atoms with Crippen molar-refractivity contribution in [3.63, 3.8) is 0 Å². The molecule has 0 amide bonds. The molecule has 0 aliphatic rings. The zero-order valence-electron chi connectivity index (χ0n) is 12.7. The molecule has 0 heterocycles. The summed E-state index contributed by atoms with van der Waals surface area (Å²) in [5.74, 6) is 0.811. The second kappa shape index (κ2) is 8.25. The molecule has 0 fully saturated rings. The van der Waals surface area contributed by atoms with Crippen LogP contribution >= 0.6 is 0 Å². The smallest absolute Gasteiger partial charge is 0.122 e. The van der Waals surface area contributed by atoms with Crippen molar-refractivity contribution >= 4 is 0 Å². The van der Waals surface area contributed by atoms with Crippen molar-refractivity contribution in [1.29, 1.82) is 0 Å². The maximum atomic E-state index is 9.52. The van der Waals surface area contributed by atoms with Gasteiger partial charge in [0.15, 0.2) is 0 Å². The Hall–Kier alpha value is -1.10. The standard InChI is InChI=1S/C16H27NO3/c1-13(2)17-16(3,12-19)9-11-20-15-7-5-4-6-14(15)8-10-18/h4-7,13,17-19H,8-12H2,1-3H3. The lowest BCUT2D eigenvalue weighted by Crippen LogP contribution is -2.50. The fourth-order valence-corrected chi connectivity index (χ4v) is 2.25. The van der Waals surface area contributed by atoms with E-state index in [4.69, 9.17) is 9.84 Å². The summed E-state index contributed by atoms with van der Waals surface area (Å²) >= 11 is 0. The van der Waals surface area contributed by atoms with Crippen LogP contribution in [0, 0.1) is 0 Å². The van der Waals surface area contributed by atoms with Gasteiger partial charge in [0.25, 0.3) is 0 Å². The van der Waals surface area contributed by atoms with E-state index >= 15 is 0 Å². The number of nitrogens with one attached hydrogen (secondary N) is 1. The minimum Gasteiger partial charge on any atom is -0.493 e. The van der Waals surface area contributed by atoms with Crippen molar-refractivity contribution in [3.8, 4) is 5.75 Å². The van der Waals surface area contributed by atoms with E-state index in [1.165, 1.54) is 0 Å². The summed E-state index contributed by atoms with van der Waals surface area (Å²) in [5.41, 5.74) is 0.678. The van der Waals surface area contributed by atoms with Crippen LogP contribution in [0.15, 0.2) is 24.3 Å². The van der Waals surface area contributed by atoms with Crippen LogP contribution in [0.2, 0.25) is 0 Å². The quantitative estimate of drug-likeness (QED) is 0.645. The van der Waals surface area contributed by atoms with E-state index in [9.17, 15) is 5.11 Å². The van der Waals surface area contributed by atoms with Gasteiger partial charge in [-0.05, 0) is 25.0 Å². The molecule has 0 spiro atoms. The highest BCUT2D eigenvalue weighted by Crippen LogP contribution is 2.19. The van der Waals surface area contributed by atoms with Gasteiger partial charge in [-0.15, -0.1) is 0 Å². The highest BCUT2D eigenvalue weighted by molar-refractivity contribution is 5.33. The fourth-order valence-electron chi connectivity index (χ4n) is 2.25. The van der Waals surface area contributed by atoms with Gasteiger partial charge in [0, 0.05) is 24.6 Å². The van der Waals surface area contributed by atoms with Gasteiger partial charge in [0.1, 0.15) is 5.75 Å². The number of aliphatic hydroxyl groups is 2. The van der Waals surface area contributed by atoms with Gasteiger partial charge < -0.3 is 20.3 Å².